The van der Waals surface area contributed by atoms with Gasteiger partial charge in [-0.25, -0.2) is 15.0 Å². The van der Waals surface area contributed by atoms with E-state index >= 15 is 0 Å². The third-order valence-electron chi connectivity index (χ3n) is 3.31. The lowest BCUT2D eigenvalue weighted by molar-refractivity contribution is -0.0351. The molecule has 1 aliphatic rings. The monoisotopic (exact) mass is 290 g/mol. The molecule has 1 fully saturated rings. The number of nitrogens with zero attached hydrogens (tertiary/aromatic N) is 4. The Morgan fingerprint density at radius 1 is 1.40 bits per heavy atom. The van der Waals surface area contributed by atoms with Gasteiger partial charge in [-0.15, -0.1) is 11.3 Å². The Morgan fingerprint density at radius 3 is 3.05 bits per heavy atom. The molecule has 1 aliphatic heterocycles. The molecule has 1 atom stereocenters. The van der Waals surface area contributed by atoms with Crippen LogP contribution in [-0.2, 0) is 11.3 Å². The summed E-state index contributed by atoms with van der Waals surface area (Å²) in [4.78, 5) is 15.6. The summed E-state index contributed by atoms with van der Waals surface area (Å²) in [5, 5.41) is 3.17. The highest BCUT2D eigenvalue weighted by Gasteiger charge is 2.24. The van der Waals surface area contributed by atoms with Crippen molar-refractivity contribution in [2.75, 3.05) is 19.7 Å². The third kappa shape index (κ3) is 3.20. The molecule has 0 unspecified atom stereocenters. The molecule has 0 N–H and O–H groups in total. The highest BCUT2D eigenvalue weighted by molar-refractivity contribution is 7.09. The second-order valence-corrected chi connectivity index (χ2v) is 5.98. The minimum atomic E-state index is 0.0316. The molecule has 2 aromatic heterocycles. The zero-order valence-electron chi connectivity index (χ0n) is 11.7. The predicted molar refractivity (Wildman–Crippen MR) is 77.6 cm³/mol. The Bertz CT molecular complexity index is 552. The molecule has 20 heavy (non-hydrogen) atoms. The van der Waals surface area contributed by atoms with Crippen LogP contribution in [0, 0.1) is 13.8 Å². The van der Waals surface area contributed by atoms with Crippen molar-refractivity contribution in [1.82, 2.24) is 19.9 Å². The van der Waals surface area contributed by atoms with Gasteiger partial charge in [-0.05, 0) is 19.9 Å². The number of aromatic nitrogens is 3. The van der Waals surface area contributed by atoms with Gasteiger partial charge in [0, 0.05) is 30.4 Å². The van der Waals surface area contributed by atoms with Crippen molar-refractivity contribution in [2.24, 2.45) is 0 Å². The summed E-state index contributed by atoms with van der Waals surface area (Å²) in [5.74, 6) is 0.806. The van der Waals surface area contributed by atoms with Gasteiger partial charge in [0.1, 0.15) is 16.9 Å². The van der Waals surface area contributed by atoms with E-state index in [0.717, 1.165) is 48.5 Å². The number of thiazole rings is 1. The van der Waals surface area contributed by atoms with Gasteiger partial charge in [0.25, 0.3) is 0 Å². The number of hydrogen-bond donors (Lipinski definition) is 0. The Morgan fingerprint density at radius 2 is 2.30 bits per heavy atom. The van der Waals surface area contributed by atoms with Gasteiger partial charge in [0.2, 0.25) is 0 Å². The maximum absolute atomic E-state index is 5.87. The average molecular weight is 290 g/mol. The molecular weight excluding hydrogens is 272 g/mol. The quantitative estimate of drug-likeness (QED) is 0.866. The fourth-order valence-electron chi connectivity index (χ4n) is 2.46. The Balaban J connectivity index is 1.71. The summed E-state index contributed by atoms with van der Waals surface area (Å²) in [6.07, 6.45) is 1.89. The van der Waals surface area contributed by atoms with E-state index in [9.17, 15) is 0 Å². The molecule has 0 radical (unpaired) electrons. The Hall–Kier alpha value is -1.37. The van der Waals surface area contributed by atoms with Crippen LogP contribution in [0.1, 0.15) is 28.3 Å². The molecule has 0 aromatic carbocycles. The minimum Gasteiger partial charge on any atom is -0.369 e. The van der Waals surface area contributed by atoms with Crippen LogP contribution in [0.4, 0.5) is 0 Å². The van der Waals surface area contributed by atoms with E-state index in [2.05, 4.69) is 19.9 Å². The fourth-order valence-corrected chi connectivity index (χ4v) is 3.12. The molecule has 3 rings (SSSR count). The summed E-state index contributed by atoms with van der Waals surface area (Å²) >= 11 is 1.70. The van der Waals surface area contributed by atoms with Gasteiger partial charge in [0.15, 0.2) is 0 Å². The first-order valence-electron chi connectivity index (χ1n) is 6.75. The van der Waals surface area contributed by atoms with E-state index in [1.165, 1.54) is 0 Å². The van der Waals surface area contributed by atoms with Gasteiger partial charge in [-0.2, -0.15) is 0 Å². The standard InChI is InChI=1S/C14H18N4OS/c1-10-7-12(17-11(2)16-10)13-8-18(4-5-19-13)9-14-15-3-6-20-14/h3,6-7,13H,4-5,8-9H2,1-2H3/t13-/m1/s1. The highest BCUT2D eigenvalue weighted by Crippen LogP contribution is 2.22. The molecule has 5 nitrogen and oxygen atoms in total. The summed E-state index contributed by atoms with van der Waals surface area (Å²) in [7, 11) is 0. The molecule has 106 valence electrons. The fraction of sp³-hybridized carbons (Fsp3) is 0.500. The Labute approximate surface area is 122 Å². The lowest BCUT2D eigenvalue weighted by Gasteiger charge is -2.32. The maximum atomic E-state index is 5.87. The van der Waals surface area contributed by atoms with E-state index in [4.69, 9.17) is 4.74 Å². The smallest absolute Gasteiger partial charge is 0.125 e. The molecule has 2 aromatic rings. The highest BCUT2D eigenvalue weighted by atomic mass is 32.1. The second-order valence-electron chi connectivity index (χ2n) is 5.00. The molecule has 0 aliphatic carbocycles. The average Bonchev–Trinajstić information content (AvgIpc) is 2.91. The van der Waals surface area contributed by atoms with Crippen molar-refractivity contribution in [3.8, 4) is 0 Å². The van der Waals surface area contributed by atoms with Crippen LogP contribution < -0.4 is 0 Å². The summed E-state index contributed by atoms with van der Waals surface area (Å²) in [6.45, 7) is 7.34. The van der Waals surface area contributed by atoms with Crippen LogP contribution in [0.25, 0.3) is 0 Å². The SMILES string of the molecule is Cc1cc([C@H]2CN(Cc3nccs3)CCO2)nc(C)n1. The van der Waals surface area contributed by atoms with Crippen LogP contribution in [0.15, 0.2) is 17.6 Å². The van der Waals surface area contributed by atoms with E-state index in [0.29, 0.717) is 0 Å². The molecule has 0 bridgehead atoms. The van der Waals surface area contributed by atoms with Crippen molar-refractivity contribution in [3.05, 3.63) is 39.9 Å². The van der Waals surface area contributed by atoms with Crippen LogP contribution >= 0.6 is 11.3 Å². The van der Waals surface area contributed by atoms with Crippen molar-refractivity contribution >= 4 is 11.3 Å². The van der Waals surface area contributed by atoms with E-state index in [-0.39, 0.29) is 6.10 Å². The summed E-state index contributed by atoms with van der Waals surface area (Å²) in [5.41, 5.74) is 1.98. The van der Waals surface area contributed by atoms with Crippen LogP contribution in [0.2, 0.25) is 0 Å². The zero-order valence-corrected chi connectivity index (χ0v) is 12.6. The summed E-state index contributed by atoms with van der Waals surface area (Å²) < 4.78 is 5.87. The maximum Gasteiger partial charge on any atom is 0.125 e. The molecule has 3 heterocycles. The van der Waals surface area contributed by atoms with E-state index in [1.54, 1.807) is 11.3 Å². The zero-order chi connectivity index (χ0) is 13.9. The van der Waals surface area contributed by atoms with E-state index < -0.39 is 0 Å². The van der Waals surface area contributed by atoms with Gasteiger partial charge in [-0.3, -0.25) is 4.90 Å². The van der Waals surface area contributed by atoms with Crippen molar-refractivity contribution in [2.45, 2.75) is 26.5 Å². The van der Waals surface area contributed by atoms with Gasteiger partial charge in [-0.1, -0.05) is 0 Å². The second kappa shape index (κ2) is 5.95. The lowest BCUT2D eigenvalue weighted by Crippen LogP contribution is -2.38. The van der Waals surface area contributed by atoms with Crippen LogP contribution in [-0.4, -0.2) is 39.5 Å². The van der Waals surface area contributed by atoms with Gasteiger partial charge < -0.3 is 4.74 Å². The number of aryl methyl sites for hydroxylation is 2. The molecule has 0 saturated carbocycles. The first-order valence-corrected chi connectivity index (χ1v) is 7.63. The van der Waals surface area contributed by atoms with Crippen molar-refractivity contribution < 1.29 is 4.74 Å². The van der Waals surface area contributed by atoms with Crippen molar-refractivity contribution in [1.29, 1.82) is 0 Å². The van der Waals surface area contributed by atoms with Crippen molar-refractivity contribution in [3.63, 3.8) is 0 Å². The first-order chi connectivity index (χ1) is 9.70. The number of morpholine rings is 1. The number of rotatable bonds is 3. The molecule has 0 spiro atoms. The van der Waals surface area contributed by atoms with Gasteiger partial charge in [0.05, 0.1) is 18.8 Å². The molecule has 6 heteroatoms. The number of ether oxygens (including phenoxy) is 1. The lowest BCUT2D eigenvalue weighted by atomic mass is 10.2. The minimum absolute atomic E-state index is 0.0316. The van der Waals surface area contributed by atoms with E-state index in [1.807, 2.05) is 31.5 Å². The number of hydrogen-bond acceptors (Lipinski definition) is 6. The molecular formula is C14H18N4OS. The summed E-state index contributed by atoms with van der Waals surface area (Å²) in [6, 6.07) is 2.02. The Kier molecular flexibility index (Phi) is 4.05. The molecule has 1 saturated heterocycles. The third-order valence-corrected chi connectivity index (χ3v) is 4.07. The van der Waals surface area contributed by atoms with Crippen LogP contribution in [0.5, 0.6) is 0 Å². The predicted octanol–water partition coefficient (Wildman–Crippen LogP) is 2.12. The topological polar surface area (TPSA) is 51.1 Å². The first kappa shape index (κ1) is 13.6. The molecule has 0 amide bonds. The normalized spacial score (nSPS) is 20.2. The largest absolute Gasteiger partial charge is 0.369 e. The van der Waals surface area contributed by atoms with Gasteiger partial charge >= 0.3 is 0 Å². The van der Waals surface area contributed by atoms with Crippen LogP contribution in [0.3, 0.4) is 0 Å².